The third kappa shape index (κ3) is 4.92. The first-order chi connectivity index (χ1) is 15.5. The highest BCUT2D eigenvalue weighted by atomic mass is 32.2. The summed E-state index contributed by atoms with van der Waals surface area (Å²) in [5.74, 6) is 0.195. The van der Waals surface area contributed by atoms with E-state index in [1.54, 1.807) is 18.7 Å². The molecular weight excluding hydrogens is 440 g/mol. The van der Waals surface area contributed by atoms with Crippen molar-refractivity contribution in [1.82, 2.24) is 9.97 Å². The minimum absolute atomic E-state index is 0.283. The number of pyridine rings is 1. The summed E-state index contributed by atoms with van der Waals surface area (Å²) < 4.78 is 8.78. The van der Waals surface area contributed by atoms with Gasteiger partial charge in [-0.25, -0.2) is 9.97 Å². The van der Waals surface area contributed by atoms with Gasteiger partial charge in [-0.3, -0.25) is 4.79 Å². The zero-order chi connectivity index (χ0) is 22.5. The molecule has 0 radical (unpaired) electrons. The molecule has 0 atom stereocenters. The van der Waals surface area contributed by atoms with Gasteiger partial charge in [0.1, 0.15) is 10.7 Å². The average Bonchev–Trinajstić information content (AvgIpc) is 3.30. The van der Waals surface area contributed by atoms with Gasteiger partial charge >= 0.3 is 0 Å². The number of hydrogen-bond acceptors (Lipinski definition) is 7. The van der Waals surface area contributed by atoms with Crippen molar-refractivity contribution in [3.05, 3.63) is 83.0 Å². The lowest BCUT2D eigenvalue weighted by Gasteiger charge is -2.14. The number of carbonyl (C=O) groups is 1. The van der Waals surface area contributed by atoms with Crippen LogP contribution in [0.25, 0.3) is 10.6 Å². The molecule has 4 aromatic rings. The summed E-state index contributed by atoms with van der Waals surface area (Å²) in [6.07, 6.45) is 1.57. The van der Waals surface area contributed by atoms with E-state index in [1.807, 2.05) is 42.5 Å². The zero-order valence-corrected chi connectivity index (χ0v) is 19.5. The van der Waals surface area contributed by atoms with Crippen molar-refractivity contribution < 1.29 is 9.53 Å². The molecule has 0 aliphatic rings. The molecule has 0 fully saturated rings. The third-order valence-electron chi connectivity index (χ3n) is 4.77. The van der Waals surface area contributed by atoms with Crippen molar-refractivity contribution in [1.29, 1.82) is 0 Å². The number of para-hydroxylation sites is 1. The molecule has 0 unspecified atom stereocenters. The highest BCUT2D eigenvalue weighted by Crippen LogP contribution is 2.33. The Hall–Kier alpha value is -3.36. The molecule has 32 heavy (non-hydrogen) atoms. The molecule has 0 saturated heterocycles. The number of amides is 1. The van der Waals surface area contributed by atoms with E-state index in [0.29, 0.717) is 17.3 Å². The summed E-state index contributed by atoms with van der Waals surface area (Å²) >= 11 is 2.83. The quantitative estimate of drug-likeness (QED) is 0.318. The molecule has 2 aromatic heterocycles. The number of hydrogen-bond donors (Lipinski definition) is 2. The second kappa shape index (κ2) is 9.84. The predicted octanol–water partition coefficient (Wildman–Crippen LogP) is 6.20. The number of aromatic nitrogens is 2. The molecule has 6 nitrogen and oxygen atoms in total. The number of methoxy groups -OCH3 is 1. The van der Waals surface area contributed by atoms with E-state index in [9.17, 15) is 4.79 Å². The molecular formula is C24H22N4O2S2. The first-order valence-electron chi connectivity index (χ1n) is 9.90. The lowest BCUT2D eigenvalue weighted by atomic mass is 10.1. The van der Waals surface area contributed by atoms with Gasteiger partial charge in [-0.2, -0.15) is 0 Å². The van der Waals surface area contributed by atoms with E-state index in [2.05, 4.69) is 46.0 Å². The van der Waals surface area contributed by atoms with Gasteiger partial charge in [0.15, 0.2) is 0 Å². The molecule has 0 aliphatic heterocycles. The van der Waals surface area contributed by atoms with Crippen LogP contribution in [0.4, 0.5) is 11.4 Å². The highest BCUT2D eigenvalue weighted by molar-refractivity contribution is 8.00. The second-order valence-electron chi connectivity index (χ2n) is 7.06. The number of ether oxygens (including phenoxy) is 1. The number of nitrogens with zero attached hydrogens (tertiary/aromatic N) is 2. The van der Waals surface area contributed by atoms with E-state index in [1.165, 1.54) is 23.3 Å². The fourth-order valence-corrected chi connectivity index (χ4v) is 4.84. The Morgan fingerprint density at radius 3 is 2.53 bits per heavy atom. The van der Waals surface area contributed by atoms with Gasteiger partial charge in [-0.1, -0.05) is 48.5 Å². The summed E-state index contributed by atoms with van der Waals surface area (Å²) in [4.78, 5) is 22.3. The van der Waals surface area contributed by atoms with Gasteiger partial charge in [0, 0.05) is 10.9 Å². The van der Waals surface area contributed by atoms with Crippen molar-refractivity contribution in [2.75, 3.05) is 17.1 Å². The molecule has 8 heteroatoms. The van der Waals surface area contributed by atoms with Crippen molar-refractivity contribution in [2.45, 2.75) is 18.7 Å². The fraction of sp³-hybridized carbons (Fsp3) is 0.125. The Bertz CT molecular complexity index is 1220. The number of anilines is 2. The van der Waals surface area contributed by atoms with Crippen LogP contribution < -0.4 is 14.8 Å². The molecule has 0 spiro atoms. The molecule has 2 aromatic carbocycles. The van der Waals surface area contributed by atoms with Crippen LogP contribution in [-0.2, 0) is 0 Å². The van der Waals surface area contributed by atoms with Crippen LogP contribution in [0, 0.1) is 13.8 Å². The number of carbonyl (C=O) groups excluding carboxylic acids is 1. The minimum atomic E-state index is -0.283. The maximum Gasteiger partial charge on any atom is 0.275 e. The normalized spacial score (nSPS) is 10.6. The molecule has 2 N–H and O–H groups in total. The lowest BCUT2D eigenvalue weighted by molar-refractivity contribution is 0.102. The summed E-state index contributed by atoms with van der Waals surface area (Å²) in [5, 5.41) is 5.44. The van der Waals surface area contributed by atoms with E-state index >= 15 is 0 Å². The largest absolute Gasteiger partial charge is 0.480 e. The van der Waals surface area contributed by atoms with Crippen LogP contribution in [0.1, 0.15) is 21.6 Å². The first kappa shape index (κ1) is 21.9. The standard InChI is InChI=1S/C24H22N4O2S2/c1-15-8-7-9-16(2)21(15)28-32-20-12-18(13-25-23(20)30-3)26-22(29)19-14-31-24(27-19)17-10-5-4-6-11-17/h4-14,28H,1-3H3,(H,26,29). The SMILES string of the molecule is COc1ncc(NC(=O)c2csc(-c3ccccc3)n2)cc1SNc1c(C)cccc1C. The topological polar surface area (TPSA) is 76.1 Å². The minimum Gasteiger partial charge on any atom is -0.480 e. The van der Waals surface area contributed by atoms with Crippen LogP contribution in [0.5, 0.6) is 5.88 Å². The van der Waals surface area contributed by atoms with Gasteiger partial charge in [0.25, 0.3) is 5.91 Å². The van der Waals surface area contributed by atoms with E-state index < -0.39 is 0 Å². The van der Waals surface area contributed by atoms with Crippen LogP contribution >= 0.6 is 23.3 Å². The smallest absolute Gasteiger partial charge is 0.275 e. The summed E-state index contributed by atoms with van der Waals surface area (Å²) in [6.45, 7) is 4.11. The predicted molar refractivity (Wildman–Crippen MR) is 132 cm³/mol. The summed E-state index contributed by atoms with van der Waals surface area (Å²) in [6, 6.07) is 17.8. The fourth-order valence-electron chi connectivity index (χ4n) is 3.09. The number of rotatable bonds is 7. The molecule has 0 saturated carbocycles. The van der Waals surface area contributed by atoms with Crippen molar-refractivity contribution in [2.24, 2.45) is 0 Å². The lowest BCUT2D eigenvalue weighted by Crippen LogP contribution is -2.12. The van der Waals surface area contributed by atoms with Crippen LogP contribution in [0.2, 0.25) is 0 Å². The number of aryl methyl sites for hydroxylation is 2. The van der Waals surface area contributed by atoms with Crippen LogP contribution in [-0.4, -0.2) is 23.0 Å². The Kier molecular flexibility index (Phi) is 6.72. The van der Waals surface area contributed by atoms with Crippen molar-refractivity contribution in [3.63, 3.8) is 0 Å². The molecule has 0 aliphatic carbocycles. The van der Waals surface area contributed by atoms with Gasteiger partial charge in [-0.15, -0.1) is 11.3 Å². The molecule has 162 valence electrons. The van der Waals surface area contributed by atoms with Gasteiger partial charge in [0.2, 0.25) is 5.88 Å². The second-order valence-corrected chi connectivity index (χ2v) is 8.77. The number of benzene rings is 2. The van der Waals surface area contributed by atoms with E-state index in [-0.39, 0.29) is 5.91 Å². The van der Waals surface area contributed by atoms with Crippen molar-refractivity contribution >= 4 is 40.6 Å². The van der Waals surface area contributed by atoms with E-state index in [4.69, 9.17) is 4.74 Å². The van der Waals surface area contributed by atoms with Crippen molar-refractivity contribution in [3.8, 4) is 16.5 Å². The maximum atomic E-state index is 12.7. The monoisotopic (exact) mass is 462 g/mol. The molecule has 0 bridgehead atoms. The molecule has 4 rings (SSSR count). The first-order valence-corrected chi connectivity index (χ1v) is 11.6. The third-order valence-corrected chi connectivity index (χ3v) is 6.48. The maximum absolute atomic E-state index is 12.7. The Morgan fingerprint density at radius 1 is 1.06 bits per heavy atom. The molecule has 1 amide bonds. The zero-order valence-electron chi connectivity index (χ0n) is 17.9. The Labute approximate surface area is 195 Å². The van der Waals surface area contributed by atoms with Crippen LogP contribution in [0.15, 0.2) is 71.1 Å². The van der Waals surface area contributed by atoms with Crippen LogP contribution in [0.3, 0.4) is 0 Å². The van der Waals surface area contributed by atoms with Gasteiger partial charge < -0.3 is 14.8 Å². The van der Waals surface area contributed by atoms with Gasteiger partial charge in [0.05, 0.1) is 29.6 Å². The molecule has 2 heterocycles. The van der Waals surface area contributed by atoms with Gasteiger partial charge in [-0.05, 0) is 43.0 Å². The Balaban J connectivity index is 1.50. The van der Waals surface area contributed by atoms with E-state index in [0.717, 1.165) is 32.3 Å². The average molecular weight is 463 g/mol. The highest BCUT2D eigenvalue weighted by Gasteiger charge is 2.15. The summed E-state index contributed by atoms with van der Waals surface area (Å²) in [7, 11) is 1.57. The summed E-state index contributed by atoms with van der Waals surface area (Å²) in [5.41, 5.74) is 5.26. The number of nitrogens with one attached hydrogen (secondary N) is 2. The number of thiazole rings is 1. The Morgan fingerprint density at radius 2 is 1.81 bits per heavy atom.